The molecule has 54 heavy (non-hydrogen) atoms. The molecule has 0 nitrogen and oxygen atoms in total. The molecular formula is C46H38B8. The third-order valence-corrected chi connectivity index (χ3v) is 12.9. The monoisotopic (exact) mass is 678 g/mol. The van der Waals surface area contributed by atoms with Gasteiger partial charge in [0, 0.05) is 0 Å². The standard InChI is InChI=1S/C46H38B8/c47-39-35-33(26-15-8-14-25(22-26)28-19-9-13-24-12-4-5-16-27(24)28)36-38(42(50)46(54)44(52)40(36)48)34(37(35)41(49)45(53)43(39)51)32-21-20-29(23-10-2-1-3-11-23)30-17-6-7-18-31(30)32/h1-22H,47-54H2. The van der Waals surface area contributed by atoms with Gasteiger partial charge in [0.05, 0.1) is 0 Å². The molecule has 0 aliphatic heterocycles. The Morgan fingerprint density at radius 3 is 1.28 bits per heavy atom. The summed E-state index contributed by atoms with van der Waals surface area (Å²) in [7, 11) is 18.7. The first kappa shape index (κ1) is 34.3. The van der Waals surface area contributed by atoms with Gasteiger partial charge in [0.2, 0.25) is 0 Å². The maximum atomic E-state index is 2.45. The second kappa shape index (κ2) is 13.1. The van der Waals surface area contributed by atoms with E-state index >= 15 is 0 Å². The molecule has 9 aromatic rings. The molecule has 0 bridgehead atoms. The second-order valence-electron chi connectivity index (χ2n) is 15.4. The third-order valence-electron chi connectivity index (χ3n) is 12.9. The van der Waals surface area contributed by atoms with Crippen molar-refractivity contribution in [2.45, 2.75) is 0 Å². The van der Waals surface area contributed by atoms with Gasteiger partial charge in [-0.25, -0.2) is 0 Å². The maximum Gasteiger partial charge on any atom is 0.139 e. The van der Waals surface area contributed by atoms with E-state index in [2.05, 4.69) is 196 Å². The average molecular weight is 677 g/mol. The fourth-order valence-electron chi connectivity index (χ4n) is 9.39. The maximum absolute atomic E-state index is 2.45. The van der Waals surface area contributed by atoms with Crippen molar-refractivity contribution in [2.24, 2.45) is 0 Å². The Kier molecular flexibility index (Phi) is 8.35. The summed E-state index contributed by atoms with van der Waals surface area (Å²) in [5.74, 6) is 0. The van der Waals surface area contributed by atoms with Crippen LogP contribution in [0.5, 0.6) is 0 Å². The highest BCUT2D eigenvalue weighted by molar-refractivity contribution is 6.71. The van der Waals surface area contributed by atoms with Gasteiger partial charge in [-0.15, -0.1) is 21.9 Å². The molecule has 0 aliphatic rings. The molecule has 0 aromatic heterocycles. The van der Waals surface area contributed by atoms with Crippen LogP contribution in [0.3, 0.4) is 0 Å². The van der Waals surface area contributed by atoms with Crippen molar-refractivity contribution in [1.82, 2.24) is 0 Å². The summed E-state index contributed by atoms with van der Waals surface area (Å²) in [5.41, 5.74) is 21.3. The van der Waals surface area contributed by atoms with Crippen LogP contribution in [0.2, 0.25) is 0 Å². The number of rotatable bonds is 4. The highest BCUT2D eigenvalue weighted by atomic mass is 14.3. The molecule has 0 atom stereocenters. The van der Waals surface area contributed by atoms with Crippen LogP contribution in [0.4, 0.5) is 0 Å². The van der Waals surface area contributed by atoms with Crippen LogP contribution in [0, 0.1) is 0 Å². The third kappa shape index (κ3) is 5.10. The lowest BCUT2D eigenvalue weighted by Crippen LogP contribution is -2.50. The van der Waals surface area contributed by atoms with Gasteiger partial charge in [-0.3, -0.25) is 0 Å². The van der Waals surface area contributed by atoms with Crippen molar-refractivity contribution in [3.63, 3.8) is 0 Å². The van der Waals surface area contributed by atoms with Gasteiger partial charge >= 0.3 is 0 Å². The van der Waals surface area contributed by atoms with Crippen LogP contribution in [0.1, 0.15) is 0 Å². The van der Waals surface area contributed by atoms with Crippen LogP contribution in [0.25, 0.3) is 87.6 Å². The average Bonchev–Trinajstić information content (AvgIpc) is 3.22. The summed E-state index contributed by atoms with van der Waals surface area (Å²) < 4.78 is 0. The largest absolute Gasteiger partial charge is 0.139 e. The topological polar surface area (TPSA) is 0 Å². The van der Waals surface area contributed by atoms with Gasteiger partial charge in [0.25, 0.3) is 0 Å². The Labute approximate surface area is 326 Å². The zero-order chi connectivity index (χ0) is 37.4. The Balaban J connectivity index is 1.49. The first-order valence-electron chi connectivity index (χ1n) is 19.3. The molecule has 0 radical (unpaired) electrons. The Hall–Kier alpha value is -5.46. The highest BCUT2D eigenvalue weighted by Gasteiger charge is 2.26. The Morgan fingerprint density at radius 2 is 0.667 bits per heavy atom. The van der Waals surface area contributed by atoms with E-state index in [9.17, 15) is 0 Å². The Bertz CT molecular complexity index is 2940. The van der Waals surface area contributed by atoms with Gasteiger partial charge in [-0.05, 0) is 93.7 Å². The number of fused-ring (bicyclic) bond motifs is 4. The molecule has 0 unspecified atom stereocenters. The molecule has 0 saturated heterocycles. The quantitative estimate of drug-likeness (QED) is 0.167. The van der Waals surface area contributed by atoms with E-state index < -0.39 is 0 Å². The summed E-state index contributed by atoms with van der Waals surface area (Å²) in [4.78, 5) is 0. The van der Waals surface area contributed by atoms with E-state index in [1.54, 1.807) is 0 Å². The smallest absolute Gasteiger partial charge is 0.101 e. The van der Waals surface area contributed by atoms with Crippen molar-refractivity contribution < 1.29 is 0 Å². The normalized spacial score (nSPS) is 11.6. The zero-order valence-electron chi connectivity index (χ0n) is 32.7. The fourth-order valence-corrected chi connectivity index (χ4v) is 9.39. The molecule has 0 N–H and O–H groups in total. The second-order valence-corrected chi connectivity index (χ2v) is 15.4. The van der Waals surface area contributed by atoms with Gasteiger partial charge < -0.3 is 0 Å². The van der Waals surface area contributed by atoms with Gasteiger partial charge in [0.1, 0.15) is 62.8 Å². The zero-order valence-corrected chi connectivity index (χ0v) is 32.7. The highest BCUT2D eigenvalue weighted by Crippen LogP contribution is 2.45. The summed E-state index contributed by atoms with van der Waals surface area (Å²) in [6.07, 6.45) is 0. The minimum atomic E-state index is 1.24. The number of hydrogen-bond donors (Lipinski definition) is 0. The lowest BCUT2D eigenvalue weighted by molar-refractivity contribution is 1.64. The van der Waals surface area contributed by atoms with Crippen LogP contribution in [-0.4, -0.2) is 62.8 Å². The predicted molar refractivity (Wildman–Crippen MR) is 264 cm³/mol. The molecule has 9 aromatic carbocycles. The van der Waals surface area contributed by atoms with E-state index in [0.29, 0.717) is 0 Å². The molecule has 0 aliphatic carbocycles. The summed E-state index contributed by atoms with van der Waals surface area (Å²) in [5, 5.41) is 10.6. The first-order chi connectivity index (χ1) is 26.2. The molecule has 0 heterocycles. The molecule has 246 valence electrons. The fraction of sp³-hybridized carbons (Fsp3) is 0. The molecule has 0 spiro atoms. The van der Waals surface area contributed by atoms with Gasteiger partial charge in [-0.1, -0.05) is 149 Å². The summed E-state index contributed by atoms with van der Waals surface area (Å²) in [6.45, 7) is 0. The lowest BCUT2D eigenvalue weighted by Gasteiger charge is -2.28. The van der Waals surface area contributed by atoms with Crippen LogP contribution in [-0.2, 0) is 0 Å². The van der Waals surface area contributed by atoms with Crippen molar-refractivity contribution in [2.75, 3.05) is 0 Å². The van der Waals surface area contributed by atoms with E-state index in [0.717, 1.165) is 0 Å². The van der Waals surface area contributed by atoms with Crippen molar-refractivity contribution in [3.05, 3.63) is 133 Å². The van der Waals surface area contributed by atoms with Crippen molar-refractivity contribution in [3.8, 4) is 44.5 Å². The summed E-state index contributed by atoms with van der Waals surface area (Å²) >= 11 is 0. The molecule has 0 fully saturated rings. The van der Waals surface area contributed by atoms with Crippen molar-refractivity contribution in [1.29, 1.82) is 0 Å². The number of hydrogen-bond acceptors (Lipinski definition) is 0. The summed E-state index contributed by atoms with van der Waals surface area (Å²) in [6, 6.07) is 49.4. The van der Waals surface area contributed by atoms with Crippen LogP contribution >= 0.6 is 0 Å². The van der Waals surface area contributed by atoms with Gasteiger partial charge in [0.15, 0.2) is 0 Å². The molecule has 0 amide bonds. The minimum absolute atomic E-state index is 1.24. The van der Waals surface area contributed by atoms with Crippen LogP contribution < -0.4 is 43.7 Å². The first-order valence-corrected chi connectivity index (χ1v) is 19.3. The van der Waals surface area contributed by atoms with Crippen molar-refractivity contribution >= 4 is 150 Å². The Morgan fingerprint density at radius 1 is 0.259 bits per heavy atom. The number of benzene rings is 9. The van der Waals surface area contributed by atoms with E-state index in [1.807, 2.05) is 0 Å². The lowest BCUT2D eigenvalue weighted by atomic mass is 9.59. The van der Waals surface area contributed by atoms with Gasteiger partial charge in [-0.2, -0.15) is 0 Å². The van der Waals surface area contributed by atoms with E-state index in [4.69, 9.17) is 0 Å². The molecule has 8 heteroatoms. The minimum Gasteiger partial charge on any atom is -0.101 e. The van der Waals surface area contributed by atoms with E-state index in [1.165, 1.54) is 131 Å². The molecule has 0 saturated carbocycles. The van der Waals surface area contributed by atoms with E-state index in [-0.39, 0.29) is 0 Å². The molecule has 9 rings (SSSR count). The SMILES string of the molecule is Bc1c(B)c(B)c2c(-c3ccc(-c4ccccc4)c4ccccc34)c3c(B)c(B)c(B)c(B)c3c(-c3cccc(-c4cccc5ccccc45)c3)c2c1B. The predicted octanol–water partition coefficient (Wildman–Crippen LogP) is -0.965. The van der Waals surface area contributed by atoms with Crippen LogP contribution in [0.15, 0.2) is 133 Å². The molecular weight excluding hydrogens is 639 g/mol.